The van der Waals surface area contributed by atoms with E-state index in [4.69, 9.17) is 0 Å². The summed E-state index contributed by atoms with van der Waals surface area (Å²) in [5.41, 5.74) is 2.62. The van der Waals surface area contributed by atoms with Crippen LogP contribution in [0.25, 0.3) is 0 Å². The number of amides is 1. The number of nitriles is 1. The largest absolute Gasteiger partial charge is 0.341 e. The van der Waals surface area contributed by atoms with Gasteiger partial charge in [0.15, 0.2) is 0 Å². The van der Waals surface area contributed by atoms with E-state index in [1.165, 1.54) is 6.07 Å². The molecule has 0 aliphatic carbocycles. The zero-order valence-electron chi connectivity index (χ0n) is 17.5. The van der Waals surface area contributed by atoms with Gasteiger partial charge in [0, 0.05) is 50.4 Å². The fraction of sp³-hybridized carbons (Fsp3) is 0.435. The van der Waals surface area contributed by atoms with E-state index in [1.54, 1.807) is 26.0 Å². The third kappa shape index (κ3) is 4.95. The van der Waals surface area contributed by atoms with Crippen LogP contribution in [0, 0.1) is 31.0 Å². The highest BCUT2D eigenvalue weighted by atomic mass is 19.1. The molecule has 1 aliphatic rings. The van der Waals surface area contributed by atoms with Gasteiger partial charge in [0.05, 0.1) is 0 Å². The van der Waals surface area contributed by atoms with Gasteiger partial charge in [-0.25, -0.2) is 4.39 Å². The van der Waals surface area contributed by atoms with Crippen molar-refractivity contribution in [3.63, 3.8) is 0 Å². The van der Waals surface area contributed by atoms with Gasteiger partial charge in [0.1, 0.15) is 17.4 Å². The van der Waals surface area contributed by atoms with E-state index in [1.807, 2.05) is 17.0 Å². The smallest absolute Gasteiger partial charge is 0.266 e. The molecule has 1 saturated heterocycles. The van der Waals surface area contributed by atoms with Crippen LogP contribution in [0.4, 0.5) is 4.39 Å². The standard InChI is InChI=1S/C23H27FN4O2/c1-16-19(17(2)26-23(30)20(16)14-25)8-9-22(29)28-11-5-10-27(12-13-28)15-18-6-3-4-7-21(18)24/h3-4,6-7H,5,8-13,15H2,1-2H3,(H,26,30). The number of aryl methyl sites for hydroxylation is 1. The number of nitrogens with zero attached hydrogens (tertiary/aromatic N) is 3. The number of hydrogen-bond acceptors (Lipinski definition) is 4. The van der Waals surface area contributed by atoms with E-state index in [0.29, 0.717) is 55.8 Å². The molecule has 2 aromatic rings. The van der Waals surface area contributed by atoms with E-state index < -0.39 is 0 Å². The lowest BCUT2D eigenvalue weighted by Gasteiger charge is -2.22. The first-order chi connectivity index (χ1) is 14.4. The lowest BCUT2D eigenvalue weighted by atomic mass is 9.99. The number of aromatic amines is 1. The van der Waals surface area contributed by atoms with Crippen LogP contribution in [0.1, 0.15) is 40.8 Å². The molecule has 0 spiro atoms. The third-order valence-electron chi connectivity index (χ3n) is 5.80. The number of carbonyl (C=O) groups excluding carboxylic acids is 1. The van der Waals surface area contributed by atoms with Crippen LogP contribution in [0.3, 0.4) is 0 Å². The maximum Gasteiger partial charge on any atom is 0.266 e. The molecular weight excluding hydrogens is 383 g/mol. The normalized spacial score (nSPS) is 14.9. The monoisotopic (exact) mass is 410 g/mol. The number of carbonyl (C=O) groups is 1. The molecule has 1 aromatic carbocycles. The van der Waals surface area contributed by atoms with Gasteiger partial charge in [-0.2, -0.15) is 5.26 Å². The first-order valence-electron chi connectivity index (χ1n) is 10.3. The second kappa shape index (κ2) is 9.68. The molecule has 30 heavy (non-hydrogen) atoms. The molecule has 1 amide bonds. The van der Waals surface area contributed by atoms with Gasteiger partial charge >= 0.3 is 0 Å². The molecule has 1 aliphatic heterocycles. The molecule has 1 aromatic heterocycles. The SMILES string of the molecule is Cc1[nH]c(=O)c(C#N)c(C)c1CCC(=O)N1CCCN(Cc2ccccc2F)CC1. The fourth-order valence-corrected chi connectivity index (χ4v) is 4.06. The predicted octanol–water partition coefficient (Wildman–Crippen LogP) is 2.67. The van der Waals surface area contributed by atoms with Crippen molar-refractivity contribution in [2.45, 2.75) is 39.7 Å². The maximum atomic E-state index is 13.9. The van der Waals surface area contributed by atoms with Gasteiger partial charge in [0.25, 0.3) is 5.56 Å². The summed E-state index contributed by atoms with van der Waals surface area (Å²) >= 11 is 0. The lowest BCUT2D eigenvalue weighted by Crippen LogP contribution is -2.35. The second-order valence-electron chi connectivity index (χ2n) is 7.77. The number of hydrogen-bond donors (Lipinski definition) is 1. The highest BCUT2D eigenvalue weighted by molar-refractivity contribution is 5.76. The average molecular weight is 410 g/mol. The van der Waals surface area contributed by atoms with Gasteiger partial charge in [-0.15, -0.1) is 0 Å². The number of H-pyrrole nitrogens is 1. The number of benzene rings is 1. The van der Waals surface area contributed by atoms with Crippen LogP contribution in [-0.4, -0.2) is 46.9 Å². The molecular formula is C23H27FN4O2. The number of pyridine rings is 1. The Morgan fingerprint density at radius 1 is 1.20 bits per heavy atom. The molecule has 0 bridgehead atoms. The van der Waals surface area contributed by atoms with E-state index in [0.717, 1.165) is 18.5 Å². The van der Waals surface area contributed by atoms with E-state index >= 15 is 0 Å². The highest BCUT2D eigenvalue weighted by Gasteiger charge is 2.21. The quantitative estimate of drug-likeness (QED) is 0.822. The molecule has 6 nitrogen and oxygen atoms in total. The van der Waals surface area contributed by atoms with Crippen molar-refractivity contribution in [1.29, 1.82) is 5.26 Å². The Labute approximate surface area is 175 Å². The molecule has 7 heteroatoms. The molecule has 0 atom stereocenters. The molecule has 0 saturated carbocycles. The summed E-state index contributed by atoms with van der Waals surface area (Å²) in [5, 5.41) is 9.20. The van der Waals surface area contributed by atoms with Crippen LogP contribution >= 0.6 is 0 Å². The first-order valence-corrected chi connectivity index (χ1v) is 10.3. The zero-order valence-corrected chi connectivity index (χ0v) is 17.5. The van der Waals surface area contributed by atoms with Crippen molar-refractivity contribution in [2.75, 3.05) is 26.2 Å². The Bertz CT molecular complexity index is 1020. The van der Waals surface area contributed by atoms with Crippen LogP contribution in [0.15, 0.2) is 29.1 Å². The van der Waals surface area contributed by atoms with Crippen molar-refractivity contribution in [1.82, 2.24) is 14.8 Å². The van der Waals surface area contributed by atoms with Crippen molar-refractivity contribution in [3.05, 3.63) is 68.4 Å². The summed E-state index contributed by atoms with van der Waals surface area (Å²) in [6.07, 6.45) is 1.65. The number of aromatic nitrogens is 1. The molecule has 0 radical (unpaired) electrons. The molecule has 1 fully saturated rings. The second-order valence-corrected chi connectivity index (χ2v) is 7.77. The van der Waals surface area contributed by atoms with Crippen LogP contribution < -0.4 is 5.56 Å². The number of halogens is 1. The Balaban J connectivity index is 1.59. The molecule has 2 heterocycles. The van der Waals surface area contributed by atoms with Crippen molar-refractivity contribution < 1.29 is 9.18 Å². The zero-order chi connectivity index (χ0) is 21.7. The highest BCUT2D eigenvalue weighted by Crippen LogP contribution is 2.17. The van der Waals surface area contributed by atoms with Gasteiger partial charge in [-0.3, -0.25) is 14.5 Å². The summed E-state index contributed by atoms with van der Waals surface area (Å²) in [7, 11) is 0. The summed E-state index contributed by atoms with van der Waals surface area (Å²) in [6.45, 7) is 6.91. The minimum atomic E-state index is -0.384. The number of rotatable bonds is 5. The van der Waals surface area contributed by atoms with Gasteiger partial charge < -0.3 is 9.88 Å². The Kier molecular flexibility index (Phi) is 7.01. The predicted molar refractivity (Wildman–Crippen MR) is 112 cm³/mol. The van der Waals surface area contributed by atoms with Crippen molar-refractivity contribution in [3.8, 4) is 6.07 Å². The lowest BCUT2D eigenvalue weighted by molar-refractivity contribution is -0.131. The van der Waals surface area contributed by atoms with Gasteiger partial charge in [-0.1, -0.05) is 18.2 Å². The molecule has 0 unspecified atom stereocenters. The Hall–Kier alpha value is -2.98. The van der Waals surface area contributed by atoms with E-state index in [2.05, 4.69) is 9.88 Å². The summed E-state index contributed by atoms with van der Waals surface area (Å²) in [6, 6.07) is 8.75. The van der Waals surface area contributed by atoms with Crippen molar-refractivity contribution >= 4 is 5.91 Å². The van der Waals surface area contributed by atoms with E-state index in [-0.39, 0.29) is 22.8 Å². The fourth-order valence-electron chi connectivity index (χ4n) is 4.06. The van der Waals surface area contributed by atoms with Gasteiger partial charge in [-0.05, 0) is 43.9 Å². The summed E-state index contributed by atoms with van der Waals surface area (Å²) < 4.78 is 13.9. The average Bonchev–Trinajstić information content (AvgIpc) is 2.95. The molecule has 1 N–H and O–H groups in total. The van der Waals surface area contributed by atoms with Crippen LogP contribution in [0.5, 0.6) is 0 Å². The summed E-state index contributed by atoms with van der Waals surface area (Å²) in [4.78, 5) is 31.4. The van der Waals surface area contributed by atoms with Crippen LogP contribution in [0.2, 0.25) is 0 Å². The minimum absolute atomic E-state index is 0.0613. The third-order valence-corrected chi connectivity index (χ3v) is 5.80. The molecule has 158 valence electrons. The van der Waals surface area contributed by atoms with Crippen molar-refractivity contribution in [2.24, 2.45) is 0 Å². The Morgan fingerprint density at radius 2 is 1.97 bits per heavy atom. The van der Waals surface area contributed by atoms with Gasteiger partial charge in [0.2, 0.25) is 5.91 Å². The summed E-state index contributed by atoms with van der Waals surface area (Å²) in [5.74, 6) is -0.135. The van der Waals surface area contributed by atoms with E-state index in [9.17, 15) is 19.2 Å². The first kappa shape index (κ1) is 21.7. The van der Waals surface area contributed by atoms with Crippen LogP contribution in [-0.2, 0) is 17.8 Å². The topological polar surface area (TPSA) is 80.2 Å². The minimum Gasteiger partial charge on any atom is -0.341 e. The maximum absolute atomic E-state index is 13.9. The Morgan fingerprint density at radius 3 is 2.70 bits per heavy atom. The molecule has 3 rings (SSSR count). The number of nitrogens with one attached hydrogen (secondary N) is 1.